The maximum atomic E-state index is 7.00. The predicted octanol–water partition coefficient (Wildman–Crippen LogP) is 23.6. The standard InChI is InChI=1S/C90H68N4O3.Pt/c1-88(2,3)59-40-41-91-85(50-59)94-78-29-15-12-24-69(78)70-37-35-64(52-79(70)94)95-63-21-18-20-62(51-63)92-53-93-86-65(58-42-60(89(4,5)6)49-61(43-58)90(7,8)9)27-19-28-73(86)74-44-54(55-33-38-83-75(45-55)71-25-13-16-30-81(71)96-83)32-36-68(74)66-22-10-11-23-67(66)77-47-57(48-80(92)87(77)93)56-34-39-84-76(46-56)72-26-14-17-31-82(72)97-84;/h10-50H,1-9H3;/q-2;. The van der Waals surface area contributed by atoms with Gasteiger partial charge in [-0.15, -0.1) is 29.7 Å². The molecule has 5 aromatic heterocycles. The van der Waals surface area contributed by atoms with Gasteiger partial charge in [0.05, 0.1) is 16.7 Å². The first-order chi connectivity index (χ1) is 46.9. The second-order valence-corrected chi connectivity index (χ2v) is 29.2. The minimum Gasteiger partial charge on any atom is -0.510 e. The zero-order valence-corrected chi connectivity index (χ0v) is 58.3. The fourth-order valence-electron chi connectivity index (χ4n) is 14.7. The molecule has 0 N–H and O–H groups in total. The Labute approximate surface area is 584 Å². The van der Waals surface area contributed by atoms with Crippen molar-refractivity contribution in [1.82, 2.24) is 14.1 Å². The molecule has 8 heteroatoms. The van der Waals surface area contributed by atoms with Crippen molar-refractivity contribution in [2.45, 2.75) is 78.6 Å². The first-order valence-corrected chi connectivity index (χ1v) is 33.5. The molecule has 17 aromatic rings. The third kappa shape index (κ3) is 10.0. The van der Waals surface area contributed by atoms with Gasteiger partial charge in [0.2, 0.25) is 0 Å². The van der Waals surface area contributed by atoms with Gasteiger partial charge >= 0.3 is 0 Å². The number of aromatic nitrogens is 4. The normalized spacial score (nSPS) is 12.5. The molecule has 18 rings (SSSR count). The molecule has 0 fully saturated rings. The van der Waals surface area contributed by atoms with Crippen LogP contribution in [0.1, 0.15) is 79.0 Å². The summed E-state index contributed by atoms with van der Waals surface area (Å²) in [7, 11) is 0. The summed E-state index contributed by atoms with van der Waals surface area (Å²) in [6.45, 7) is 20.6. The molecule has 7 nitrogen and oxygen atoms in total. The van der Waals surface area contributed by atoms with E-state index >= 15 is 0 Å². The van der Waals surface area contributed by atoms with Gasteiger partial charge in [-0.1, -0.05) is 213 Å². The van der Waals surface area contributed by atoms with Crippen molar-refractivity contribution in [3.63, 3.8) is 0 Å². The Morgan fingerprint density at radius 3 is 1.62 bits per heavy atom. The third-order valence-corrected chi connectivity index (χ3v) is 19.8. The average Bonchev–Trinajstić information content (AvgIpc) is 1.56. The number of benzene rings is 12. The first-order valence-electron chi connectivity index (χ1n) is 33.5. The molecule has 0 spiro atoms. The van der Waals surface area contributed by atoms with Crippen LogP contribution in [0.2, 0.25) is 0 Å². The average molecular weight is 1450 g/mol. The number of imidazole rings is 1. The number of hydrogen-bond acceptors (Lipinski definition) is 4. The molecular formula is C90H68N4O3Pt-2. The van der Waals surface area contributed by atoms with Gasteiger partial charge in [0, 0.05) is 65.8 Å². The molecule has 12 aromatic carbocycles. The zero-order chi connectivity index (χ0) is 65.8. The molecule has 0 unspecified atom stereocenters. The van der Waals surface area contributed by atoms with Crippen molar-refractivity contribution in [3.05, 3.63) is 284 Å². The van der Waals surface area contributed by atoms with E-state index in [-0.39, 0.29) is 37.3 Å². The van der Waals surface area contributed by atoms with Crippen molar-refractivity contribution < 1.29 is 39.2 Å². The van der Waals surface area contributed by atoms with Gasteiger partial charge in [0.1, 0.15) is 28.1 Å². The Morgan fingerprint density at radius 1 is 0.378 bits per heavy atom. The van der Waals surface area contributed by atoms with Gasteiger partial charge in [-0.3, -0.25) is 4.57 Å². The number of para-hydroxylation sites is 4. The number of hydrogen-bond donors (Lipinski definition) is 0. The Bertz CT molecular complexity index is 6100. The summed E-state index contributed by atoms with van der Waals surface area (Å²) in [5, 5.41) is 6.49. The van der Waals surface area contributed by atoms with E-state index in [0.29, 0.717) is 11.5 Å². The Morgan fingerprint density at radius 2 is 0.929 bits per heavy atom. The molecule has 0 aliphatic carbocycles. The van der Waals surface area contributed by atoms with Crippen molar-refractivity contribution in [3.8, 4) is 95.5 Å². The van der Waals surface area contributed by atoms with Crippen molar-refractivity contribution in [2.75, 3.05) is 0 Å². The van der Waals surface area contributed by atoms with E-state index < -0.39 is 0 Å². The molecular weight excluding hydrogens is 1380 g/mol. The van der Waals surface area contributed by atoms with E-state index in [0.717, 1.165) is 161 Å². The number of pyridine rings is 1. The Balaban J connectivity index is 0.00000722. The maximum Gasteiger partial charge on any atom is 0.268 e. The van der Waals surface area contributed by atoms with Crippen LogP contribution in [0.15, 0.2) is 258 Å². The topological polar surface area (TPSA) is 62.1 Å². The summed E-state index contributed by atoms with van der Waals surface area (Å²) in [5.74, 6) is 1.92. The van der Waals surface area contributed by atoms with Crippen LogP contribution < -0.4 is 9.30 Å². The van der Waals surface area contributed by atoms with E-state index in [1.807, 2.05) is 42.6 Å². The van der Waals surface area contributed by atoms with Gasteiger partial charge in [0.15, 0.2) is 0 Å². The summed E-state index contributed by atoms with van der Waals surface area (Å²) in [6.07, 6.45) is 6.05. The van der Waals surface area contributed by atoms with Crippen molar-refractivity contribution in [2.24, 2.45) is 0 Å². The van der Waals surface area contributed by atoms with Gasteiger partial charge in [-0.05, 0) is 178 Å². The van der Waals surface area contributed by atoms with Crippen LogP contribution in [0.25, 0.3) is 161 Å². The van der Waals surface area contributed by atoms with E-state index in [9.17, 15) is 0 Å². The largest absolute Gasteiger partial charge is 0.510 e. The Hall–Kier alpha value is -10.9. The van der Waals surface area contributed by atoms with Crippen LogP contribution in [0.4, 0.5) is 0 Å². The zero-order valence-electron chi connectivity index (χ0n) is 56.0. The predicted molar refractivity (Wildman–Crippen MR) is 397 cm³/mol. The number of ether oxygens (including phenoxy) is 1. The molecule has 0 bridgehead atoms. The molecule has 1 aliphatic rings. The third-order valence-electron chi connectivity index (χ3n) is 19.8. The number of nitrogens with zero attached hydrogens (tertiary/aromatic N) is 4. The van der Waals surface area contributed by atoms with E-state index in [1.54, 1.807) is 0 Å². The summed E-state index contributed by atoms with van der Waals surface area (Å²) >= 11 is 0. The molecule has 1 aliphatic heterocycles. The molecule has 0 saturated heterocycles. The van der Waals surface area contributed by atoms with Crippen LogP contribution in [0, 0.1) is 18.5 Å². The summed E-state index contributed by atoms with van der Waals surface area (Å²) in [4.78, 5) is 4.96. The molecule has 478 valence electrons. The van der Waals surface area contributed by atoms with E-state index in [4.69, 9.17) is 18.6 Å². The van der Waals surface area contributed by atoms with Gasteiger partial charge in [0.25, 0.3) is 6.33 Å². The van der Waals surface area contributed by atoms with Crippen molar-refractivity contribution >= 4 is 76.7 Å². The molecule has 6 heterocycles. The fourth-order valence-corrected chi connectivity index (χ4v) is 14.7. The second kappa shape index (κ2) is 22.6. The minimum absolute atomic E-state index is 0. The van der Waals surface area contributed by atoms with Crippen LogP contribution in [-0.2, 0) is 37.3 Å². The van der Waals surface area contributed by atoms with E-state index in [2.05, 4.69) is 301 Å². The number of rotatable bonds is 7. The number of furan rings is 2. The van der Waals surface area contributed by atoms with Gasteiger partial charge in [-0.2, -0.15) is 18.2 Å². The van der Waals surface area contributed by atoms with E-state index in [1.165, 1.54) is 16.7 Å². The van der Waals surface area contributed by atoms with Crippen LogP contribution in [-0.4, -0.2) is 14.1 Å². The van der Waals surface area contributed by atoms with Crippen LogP contribution in [0.3, 0.4) is 0 Å². The summed E-state index contributed by atoms with van der Waals surface area (Å²) in [5.41, 5.74) is 25.5. The molecule has 98 heavy (non-hydrogen) atoms. The van der Waals surface area contributed by atoms with Gasteiger partial charge < -0.3 is 22.7 Å². The minimum atomic E-state index is -0.147. The monoisotopic (exact) mass is 1450 g/mol. The van der Waals surface area contributed by atoms with Gasteiger partial charge in [-0.25, -0.2) is 4.98 Å². The molecule has 0 amide bonds. The molecule has 0 saturated carbocycles. The van der Waals surface area contributed by atoms with Crippen LogP contribution in [0.5, 0.6) is 11.5 Å². The smallest absolute Gasteiger partial charge is 0.268 e. The SMILES string of the molecule is CC(C)(C)c1cc(-c2cccc3c2-[n+]2[c-]n(-c4[c-]c(Oc5[c-]c6c(cc5)c5ccccc5n6-c5cc(C(C)(C)C)ccn5)ccc4)c4cc(-c5ccc6oc7ccccc7c6c5)cc(c42)-c2ccccc2-c2ccc(-c4ccc5oc6ccccc6c5c4)cc2-3)cc(C(C)(C)C)c1.[Pt]. The molecule has 0 atom stereocenters. The second-order valence-electron chi connectivity index (χ2n) is 29.2. The summed E-state index contributed by atoms with van der Waals surface area (Å²) in [6, 6.07) is 95.3. The molecule has 0 radical (unpaired) electrons. The van der Waals surface area contributed by atoms with Crippen LogP contribution >= 0.6 is 0 Å². The Kier molecular flexibility index (Phi) is 14.0. The van der Waals surface area contributed by atoms with Crippen molar-refractivity contribution in [1.29, 1.82) is 0 Å². The maximum absolute atomic E-state index is 7.00. The first kappa shape index (κ1) is 60.8. The summed E-state index contributed by atoms with van der Waals surface area (Å²) < 4.78 is 26.6. The fraction of sp³-hybridized carbons (Fsp3) is 0.133. The number of fused-ring (bicyclic) bond motifs is 16. The quantitative estimate of drug-likeness (QED) is 0.118.